The predicted octanol–water partition coefficient (Wildman–Crippen LogP) is 3.56. The number of nitrogens with two attached hydrogens (primary N) is 1. The molecule has 1 amide bonds. The number of hydrogen-bond acceptors (Lipinski definition) is 6. The summed E-state index contributed by atoms with van der Waals surface area (Å²) in [4.78, 5) is 25.2. The standard InChI is InChI=1S/C21H20ClF4N7O/c1-10(18(27)34)14-4-16-17(5-15(14)22)32(2)20(31-16)33-8-12(23)3-13(9-33)30-19-28-6-11(7-29-19)21(24,25)26/h4-7,12-13H,1,3,8-9H2,2H3,(H2,27,34)(H,28,29,30)/t12-,13?/m1/s1. The highest BCUT2D eigenvalue weighted by molar-refractivity contribution is 6.35. The molecule has 1 aliphatic rings. The van der Waals surface area contributed by atoms with E-state index in [0.717, 1.165) is 0 Å². The number of aryl methyl sites for hydroxylation is 1. The molecule has 4 rings (SSSR count). The highest BCUT2D eigenvalue weighted by Crippen LogP contribution is 2.32. The van der Waals surface area contributed by atoms with E-state index >= 15 is 0 Å². The molecule has 0 bridgehead atoms. The number of fused-ring (bicyclic) bond motifs is 1. The number of nitrogens with zero attached hydrogens (tertiary/aromatic N) is 5. The zero-order valence-corrected chi connectivity index (χ0v) is 18.7. The minimum Gasteiger partial charge on any atom is -0.366 e. The topological polar surface area (TPSA) is 102 Å². The molecule has 0 radical (unpaired) electrons. The molecule has 0 spiro atoms. The molecule has 180 valence electrons. The summed E-state index contributed by atoms with van der Waals surface area (Å²) in [5.74, 6) is -0.290. The van der Waals surface area contributed by atoms with Crippen LogP contribution in [-0.4, -0.2) is 50.7 Å². The van der Waals surface area contributed by atoms with Crippen LogP contribution in [0.15, 0.2) is 31.1 Å². The number of primary amides is 1. The van der Waals surface area contributed by atoms with E-state index in [0.29, 0.717) is 41.5 Å². The van der Waals surface area contributed by atoms with Crippen LogP contribution >= 0.6 is 11.6 Å². The van der Waals surface area contributed by atoms with Crippen LogP contribution in [0.5, 0.6) is 0 Å². The maximum Gasteiger partial charge on any atom is 0.419 e. The van der Waals surface area contributed by atoms with Crippen LogP contribution in [0.2, 0.25) is 5.02 Å². The number of hydrogen-bond donors (Lipinski definition) is 2. The lowest BCUT2D eigenvalue weighted by molar-refractivity contribution is -0.138. The highest BCUT2D eigenvalue weighted by Gasteiger charge is 2.33. The van der Waals surface area contributed by atoms with Gasteiger partial charge in [0.05, 0.1) is 28.2 Å². The Hall–Kier alpha value is -3.41. The summed E-state index contributed by atoms with van der Waals surface area (Å²) in [6.07, 6.45) is -4.30. The lowest BCUT2D eigenvalue weighted by Gasteiger charge is -2.35. The van der Waals surface area contributed by atoms with Gasteiger partial charge in [0.15, 0.2) is 0 Å². The zero-order valence-electron chi connectivity index (χ0n) is 17.9. The molecule has 2 aromatic heterocycles. The molecule has 1 saturated heterocycles. The van der Waals surface area contributed by atoms with Crippen molar-refractivity contribution in [2.45, 2.75) is 24.8 Å². The van der Waals surface area contributed by atoms with Crippen molar-refractivity contribution in [1.29, 1.82) is 0 Å². The molecular formula is C21H20ClF4N7O. The Labute approximate surface area is 196 Å². The largest absolute Gasteiger partial charge is 0.419 e. The van der Waals surface area contributed by atoms with Gasteiger partial charge in [-0.25, -0.2) is 19.3 Å². The molecule has 8 nitrogen and oxygen atoms in total. The lowest BCUT2D eigenvalue weighted by atomic mass is 10.0. The Bertz CT molecular complexity index is 1260. The molecule has 3 heterocycles. The van der Waals surface area contributed by atoms with E-state index in [9.17, 15) is 22.4 Å². The molecule has 1 aromatic carbocycles. The second-order valence-electron chi connectivity index (χ2n) is 8.01. The normalized spacial score (nSPS) is 18.8. The number of nitrogens with one attached hydrogen (secondary N) is 1. The molecule has 1 fully saturated rings. The Morgan fingerprint density at radius 3 is 2.56 bits per heavy atom. The van der Waals surface area contributed by atoms with Crippen LogP contribution in [0.25, 0.3) is 16.6 Å². The van der Waals surface area contributed by atoms with E-state index in [4.69, 9.17) is 17.3 Å². The van der Waals surface area contributed by atoms with Gasteiger partial charge in [-0.15, -0.1) is 0 Å². The molecule has 0 aliphatic carbocycles. The van der Waals surface area contributed by atoms with Crippen molar-refractivity contribution >= 4 is 46.0 Å². The van der Waals surface area contributed by atoms with Gasteiger partial charge in [0, 0.05) is 49.6 Å². The number of benzene rings is 1. The number of amides is 1. The van der Waals surface area contributed by atoms with Gasteiger partial charge in [-0.2, -0.15) is 13.2 Å². The smallest absolute Gasteiger partial charge is 0.366 e. The van der Waals surface area contributed by atoms with E-state index < -0.39 is 29.9 Å². The molecular weight excluding hydrogens is 478 g/mol. The van der Waals surface area contributed by atoms with Gasteiger partial charge in [-0.1, -0.05) is 18.2 Å². The third-order valence-corrected chi connectivity index (χ3v) is 5.88. The summed E-state index contributed by atoms with van der Waals surface area (Å²) >= 11 is 6.31. The number of halogens is 5. The molecule has 3 aromatic rings. The van der Waals surface area contributed by atoms with Crippen molar-refractivity contribution in [2.75, 3.05) is 23.3 Å². The fraction of sp³-hybridized carbons (Fsp3) is 0.333. The fourth-order valence-corrected chi connectivity index (χ4v) is 4.16. The minimum absolute atomic E-state index is 0.0292. The molecule has 2 atom stereocenters. The van der Waals surface area contributed by atoms with E-state index in [-0.39, 0.29) is 29.5 Å². The van der Waals surface area contributed by atoms with Crippen LogP contribution in [-0.2, 0) is 18.0 Å². The number of aromatic nitrogens is 4. The Morgan fingerprint density at radius 1 is 1.26 bits per heavy atom. The van der Waals surface area contributed by atoms with Gasteiger partial charge in [0.2, 0.25) is 17.8 Å². The first kappa shape index (κ1) is 23.7. The average molecular weight is 498 g/mol. The highest BCUT2D eigenvalue weighted by atomic mass is 35.5. The van der Waals surface area contributed by atoms with Crippen LogP contribution in [0.4, 0.5) is 29.5 Å². The van der Waals surface area contributed by atoms with Crippen molar-refractivity contribution < 1.29 is 22.4 Å². The third-order valence-electron chi connectivity index (χ3n) is 5.56. The zero-order chi connectivity index (χ0) is 24.8. The van der Waals surface area contributed by atoms with Crippen molar-refractivity contribution in [3.8, 4) is 0 Å². The van der Waals surface area contributed by atoms with Gasteiger partial charge < -0.3 is 20.5 Å². The molecule has 3 N–H and O–H groups in total. The van der Waals surface area contributed by atoms with Crippen LogP contribution in [0.1, 0.15) is 17.5 Å². The minimum atomic E-state index is -4.54. The van der Waals surface area contributed by atoms with E-state index in [2.05, 4.69) is 26.8 Å². The maximum atomic E-state index is 14.6. The number of piperidine rings is 1. The van der Waals surface area contributed by atoms with Crippen LogP contribution in [0.3, 0.4) is 0 Å². The summed E-state index contributed by atoms with van der Waals surface area (Å²) in [6, 6.07) is 2.74. The number of imidazole rings is 1. The summed E-state index contributed by atoms with van der Waals surface area (Å²) in [5, 5.41) is 3.17. The summed E-state index contributed by atoms with van der Waals surface area (Å²) < 4.78 is 54.5. The second-order valence-corrected chi connectivity index (χ2v) is 8.41. The van der Waals surface area contributed by atoms with Gasteiger partial charge in [0.1, 0.15) is 6.17 Å². The predicted molar refractivity (Wildman–Crippen MR) is 120 cm³/mol. The lowest BCUT2D eigenvalue weighted by Crippen LogP contribution is -2.48. The number of rotatable bonds is 5. The average Bonchev–Trinajstić information content (AvgIpc) is 3.07. The number of carbonyl (C=O) groups is 1. The SMILES string of the molecule is C=C(C(N)=O)c1cc2nc(N3CC(Nc4ncc(C(F)(F)F)cn4)C[C@@H](F)C3)n(C)c2cc1Cl. The fourth-order valence-electron chi connectivity index (χ4n) is 3.88. The first-order chi connectivity index (χ1) is 15.9. The Kier molecular flexibility index (Phi) is 6.11. The van der Waals surface area contributed by atoms with Gasteiger partial charge in [-0.05, 0) is 12.1 Å². The molecule has 34 heavy (non-hydrogen) atoms. The summed E-state index contributed by atoms with van der Waals surface area (Å²) in [5.41, 5.74) is 5.90. The van der Waals surface area contributed by atoms with Gasteiger partial charge in [0.25, 0.3) is 0 Å². The van der Waals surface area contributed by atoms with Crippen molar-refractivity contribution in [1.82, 2.24) is 19.5 Å². The quantitative estimate of drug-likeness (QED) is 0.413. The van der Waals surface area contributed by atoms with Crippen molar-refractivity contribution in [3.05, 3.63) is 47.3 Å². The first-order valence-corrected chi connectivity index (χ1v) is 10.5. The third kappa shape index (κ3) is 4.63. The molecule has 13 heteroatoms. The molecule has 1 aliphatic heterocycles. The van der Waals surface area contributed by atoms with E-state index in [1.54, 1.807) is 28.6 Å². The number of carbonyl (C=O) groups excluding carboxylic acids is 1. The van der Waals surface area contributed by atoms with Crippen molar-refractivity contribution in [3.63, 3.8) is 0 Å². The summed E-state index contributed by atoms with van der Waals surface area (Å²) in [7, 11) is 1.74. The van der Waals surface area contributed by atoms with E-state index in [1.807, 2.05) is 0 Å². The van der Waals surface area contributed by atoms with Crippen molar-refractivity contribution in [2.24, 2.45) is 12.8 Å². The Balaban J connectivity index is 1.58. The Morgan fingerprint density at radius 2 is 1.94 bits per heavy atom. The van der Waals surface area contributed by atoms with Crippen LogP contribution in [0, 0.1) is 0 Å². The maximum absolute atomic E-state index is 14.6. The van der Waals surface area contributed by atoms with E-state index in [1.165, 1.54) is 0 Å². The number of anilines is 2. The first-order valence-electron chi connectivity index (χ1n) is 10.1. The molecule has 1 unspecified atom stereocenters. The monoisotopic (exact) mass is 497 g/mol. The summed E-state index contributed by atoms with van der Waals surface area (Å²) in [6.45, 7) is 4.02. The van der Waals surface area contributed by atoms with Gasteiger partial charge in [-0.3, -0.25) is 4.79 Å². The van der Waals surface area contributed by atoms with Crippen LogP contribution < -0.4 is 16.0 Å². The molecule has 0 saturated carbocycles. The second kappa shape index (κ2) is 8.75. The van der Waals surface area contributed by atoms with Gasteiger partial charge >= 0.3 is 6.18 Å². The number of alkyl halides is 4.